The number of rotatable bonds is 8. The van der Waals surface area contributed by atoms with Gasteiger partial charge in [-0.05, 0) is 35.4 Å². The molecule has 158 valence electrons. The zero-order valence-electron chi connectivity index (χ0n) is 17.1. The highest BCUT2D eigenvalue weighted by molar-refractivity contribution is 5.45. The van der Waals surface area contributed by atoms with E-state index in [1.807, 2.05) is 18.2 Å². The summed E-state index contributed by atoms with van der Waals surface area (Å²) in [6.45, 7) is 0.202. The van der Waals surface area contributed by atoms with E-state index in [0.717, 1.165) is 5.56 Å². The van der Waals surface area contributed by atoms with Crippen molar-refractivity contribution in [3.63, 3.8) is 0 Å². The second kappa shape index (κ2) is 9.35. The number of methoxy groups -OCH3 is 4. The first kappa shape index (κ1) is 21.2. The van der Waals surface area contributed by atoms with Crippen molar-refractivity contribution < 1.29 is 33.9 Å². The molecule has 3 rings (SSSR count). The van der Waals surface area contributed by atoms with Crippen LogP contribution in [0.15, 0.2) is 36.4 Å². The largest absolute Gasteiger partial charge is 0.493 e. The molecular formula is C22H28O7. The van der Waals surface area contributed by atoms with Gasteiger partial charge in [0, 0.05) is 18.4 Å². The Morgan fingerprint density at radius 1 is 0.897 bits per heavy atom. The number of hydrogen-bond donors (Lipinski definition) is 2. The predicted molar refractivity (Wildman–Crippen MR) is 107 cm³/mol. The van der Waals surface area contributed by atoms with Crippen molar-refractivity contribution in [2.24, 2.45) is 11.8 Å². The molecular weight excluding hydrogens is 376 g/mol. The number of benzene rings is 2. The van der Waals surface area contributed by atoms with Gasteiger partial charge in [-0.25, -0.2) is 0 Å². The van der Waals surface area contributed by atoms with E-state index in [0.29, 0.717) is 35.2 Å². The first-order valence-electron chi connectivity index (χ1n) is 9.42. The van der Waals surface area contributed by atoms with Gasteiger partial charge in [-0.15, -0.1) is 0 Å². The van der Waals surface area contributed by atoms with Crippen LogP contribution in [0.3, 0.4) is 0 Å². The van der Waals surface area contributed by atoms with Crippen molar-refractivity contribution in [3.05, 3.63) is 47.5 Å². The van der Waals surface area contributed by atoms with Crippen molar-refractivity contribution in [2.75, 3.05) is 41.7 Å². The van der Waals surface area contributed by atoms with E-state index in [2.05, 4.69) is 0 Å². The molecule has 7 heteroatoms. The van der Waals surface area contributed by atoms with Gasteiger partial charge < -0.3 is 33.9 Å². The van der Waals surface area contributed by atoms with Gasteiger partial charge in [0.2, 0.25) is 0 Å². The molecule has 29 heavy (non-hydrogen) atoms. The SMILES string of the molecule is COc1ccc([C@H]2OC[C@H]([C@@H](O)c3ccc(OC)c(OC)c3)[C@H]2CO)cc1OC. The van der Waals surface area contributed by atoms with E-state index in [1.165, 1.54) is 0 Å². The molecule has 1 heterocycles. The van der Waals surface area contributed by atoms with Crippen LogP contribution in [0, 0.1) is 11.8 Å². The van der Waals surface area contributed by atoms with E-state index in [9.17, 15) is 10.2 Å². The molecule has 2 aromatic carbocycles. The fourth-order valence-corrected chi connectivity index (χ4v) is 3.90. The molecule has 0 aromatic heterocycles. The van der Waals surface area contributed by atoms with E-state index in [1.54, 1.807) is 46.6 Å². The Bertz CT molecular complexity index is 823. The molecule has 0 bridgehead atoms. The first-order chi connectivity index (χ1) is 14.1. The highest BCUT2D eigenvalue weighted by atomic mass is 16.5. The molecule has 0 radical (unpaired) electrons. The number of aliphatic hydroxyl groups excluding tert-OH is 2. The van der Waals surface area contributed by atoms with Crippen LogP contribution in [-0.2, 0) is 4.74 Å². The summed E-state index contributed by atoms with van der Waals surface area (Å²) in [5.41, 5.74) is 1.55. The lowest BCUT2D eigenvalue weighted by molar-refractivity contribution is 0.0632. The minimum Gasteiger partial charge on any atom is -0.493 e. The molecule has 0 saturated carbocycles. The summed E-state index contributed by atoms with van der Waals surface area (Å²) in [6, 6.07) is 10.8. The van der Waals surface area contributed by atoms with Gasteiger partial charge in [-0.1, -0.05) is 12.1 Å². The molecule has 7 nitrogen and oxygen atoms in total. The molecule has 1 saturated heterocycles. The first-order valence-corrected chi connectivity index (χ1v) is 9.42. The molecule has 1 aliphatic rings. The Kier molecular flexibility index (Phi) is 6.84. The molecule has 0 aliphatic carbocycles. The van der Waals surface area contributed by atoms with Gasteiger partial charge in [0.15, 0.2) is 23.0 Å². The Morgan fingerprint density at radius 2 is 1.48 bits per heavy atom. The molecule has 1 fully saturated rings. The minimum atomic E-state index is -0.822. The fourth-order valence-electron chi connectivity index (χ4n) is 3.90. The van der Waals surface area contributed by atoms with Crippen LogP contribution in [0.4, 0.5) is 0 Å². The molecule has 2 N–H and O–H groups in total. The summed E-state index contributed by atoms with van der Waals surface area (Å²) in [5, 5.41) is 21.1. The molecule has 0 spiro atoms. The topological polar surface area (TPSA) is 86.6 Å². The van der Waals surface area contributed by atoms with Crippen molar-refractivity contribution >= 4 is 0 Å². The number of aliphatic hydroxyl groups is 2. The van der Waals surface area contributed by atoms with Crippen LogP contribution in [-0.4, -0.2) is 51.9 Å². The highest BCUT2D eigenvalue weighted by Crippen LogP contribution is 2.46. The molecule has 0 unspecified atom stereocenters. The van der Waals surface area contributed by atoms with E-state index in [-0.39, 0.29) is 24.5 Å². The zero-order valence-corrected chi connectivity index (χ0v) is 17.1. The molecule has 2 aromatic rings. The van der Waals surface area contributed by atoms with Crippen molar-refractivity contribution in [1.29, 1.82) is 0 Å². The second-order valence-corrected chi connectivity index (χ2v) is 6.94. The van der Waals surface area contributed by atoms with Crippen LogP contribution in [0.2, 0.25) is 0 Å². The number of ether oxygens (including phenoxy) is 5. The number of hydrogen-bond acceptors (Lipinski definition) is 7. The second-order valence-electron chi connectivity index (χ2n) is 6.94. The summed E-state index contributed by atoms with van der Waals surface area (Å²) in [4.78, 5) is 0. The Labute approximate surface area is 170 Å². The summed E-state index contributed by atoms with van der Waals surface area (Å²) in [6.07, 6.45) is -1.18. The summed E-state index contributed by atoms with van der Waals surface area (Å²) < 4.78 is 27.3. The third kappa shape index (κ3) is 4.12. The smallest absolute Gasteiger partial charge is 0.161 e. The lowest BCUT2D eigenvalue weighted by atomic mass is 9.82. The fraction of sp³-hybridized carbons (Fsp3) is 0.455. The Morgan fingerprint density at radius 3 is 2.07 bits per heavy atom. The minimum absolute atomic E-state index is 0.117. The van der Waals surface area contributed by atoms with Crippen molar-refractivity contribution in [2.45, 2.75) is 12.2 Å². The quantitative estimate of drug-likeness (QED) is 0.700. The lowest BCUT2D eigenvalue weighted by Gasteiger charge is -2.26. The van der Waals surface area contributed by atoms with Crippen LogP contribution in [0.1, 0.15) is 23.3 Å². The van der Waals surface area contributed by atoms with Crippen LogP contribution in [0.25, 0.3) is 0 Å². The van der Waals surface area contributed by atoms with Gasteiger partial charge in [-0.3, -0.25) is 0 Å². The van der Waals surface area contributed by atoms with Crippen molar-refractivity contribution in [1.82, 2.24) is 0 Å². The molecule has 0 amide bonds. The maximum absolute atomic E-state index is 11.0. The van der Waals surface area contributed by atoms with Crippen molar-refractivity contribution in [3.8, 4) is 23.0 Å². The summed E-state index contributed by atoms with van der Waals surface area (Å²) in [5.74, 6) is 1.78. The predicted octanol–water partition coefficient (Wildman–Crippen LogP) is 2.75. The standard InChI is InChI=1S/C22H28O7/c1-25-17-7-5-13(9-19(17)27-3)21(24)16-12-29-22(15(16)11-23)14-6-8-18(26-2)20(10-14)28-4/h5-10,15-16,21-24H,11-12H2,1-4H3/t15-,16+,21+,22-/m1/s1. The van der Waals surface area contributed by atoms with E-state index < -0.39 is 6.10 Å². The van der Waals surface area contributed by atoms with Gasteiger partial charge in [0.05, 0.1) is 47.3 Å². The van der Waals surface area contributed by atoms with Crippen LogP contribution >= 0.6 is 0 Å². The van der Waals surface area contributed by atoms with Gasteiger partial charge >= 0.3 is 0 Å². The Hall–Kier alpha value is -2.48. The van der Waals surface area contributed by atoms with E-state index in [4.69, 9.17) is 23.7 Å². The Balaban J connectivity index is 1.85. The average molecular weight is 404 g/mol. The lowest BCUT2D eigenvalue weighted by Crippen LogP contribution is -2.25. The van der Waals surface area contributed by atoms with Gasteiger partial charge in [0.1, 0.15) is 0 Å². The molecule has 4 atom stereocenters. The summed E-state index contributed by atoms with van der Waals surface area (Å²) >= 11 is 0. The molecule has 1 aliphatic heterocycles. The van der Waals surface area contributed by atoms with E-state index >= 15 is 0 Å². The normalized spacial score (nSPS) is 22.2. The van der Waals surface area contributed by atoms with Gasteiger partial charge in [0.25, 0.3) is 0 Å². The maximum atomic E-state index is 11.0. The summed E-state index contributed by atoms with van der Waals surface area (Å²) in [7, 11) is 6.27. The van der Waals surface area contributed by atoms with Crippen LogP contribution in [0.5, 0.6) is 23.0 Å². The maximum Gasteiger partial charge on any atom is 0.161 e. The van der Waals surface area contributed by atoms with Gasteiger partial charge in [-0.2, -0.15) is 0 Å². The third-order valence-electron chi connectivity index (χ3n) is 5.51. The highest BCUT2D eigenvalue weighted by Gasteiger charge is 2.42. The average Bonchev–Trinajstić information content (AvgIpc) is 3.21. The van der Waals surface area contributed by atoms with Crippen LogP contribution < -0.4 is 18.9 Å². The zero-order chi connectivity index (χ0) is 21.0. The third-order valence-corrected chi connectivity index (χ3v) is 5.51. The monoisotopic (exact) mass is 404 g/mol.